The summed E-state index contributed by atoms with van der Waals surface area (Å²) in [6.07, 6.45) is 9.17. The third kappa shape index (κ3) is 1.94. The van der Waals surface area contributed by atoms with Crippen LogP contribution < -0.4 is 4.74 Å². The zero-order chi connectivity index (χ0) is 13.2. The van der Waals surface area contributed by atoms with E-state index in [1.807, 2.05) is 5.38 Å². The molecule has 0 saturated carbocycles. The van der Waals surface area contributed by atoms with E-state index in [0.717, 1.165) is 16.2 Å². The maximum atomic E-state index is 5.39. The zero-order valence-electron chi connectivity index (χ0n) is 10.2. The molecule has 0 atom stereocenters. The molecule has 0 aliphatic rings. The molecule has 3 aromatic heterocycles. The zero-order valence-corrected chi connectivity index (χ0v) is 11.0. The maximum Gasteiger partial charge on any atom is 0.197 e. The summed E-state index contributed by atoms with van der Waals surface area (Å²) >= 11 is 1.56. The van der Waals surface area contributed by atoms with E-state index in [1.54, 1.807) is 30.8 Å². The van der Waals surface area contributed by atoms with Gasteiger partial charge in [-0.3, -0.25) is 0 Å². The Morgan fingerprint density at radius 2 is 2.26 bits per heavy atom. The minimum Gasteiger partial charge on any atom is -0.495 e. The standard InChI is InChI=1S/C13H10N4OS/c1-3-4-9-10(8(18-2)7-19-9)11-16-12-13(17-11)15-6-5-14-12/h1,5-7H,4H2,2H3,(H,14,15,16,17). The van der Waals surface area contributed by atoms with Gasteiger partial charge >= 0.3 is 0 Å². The topological polar surface area (TPSA) is 63.7 Å². The number of nitrogens with zero attached hydrogens (tertiary/aromatic N) is 3. The average Bonchev–Trinajstić information content (AvgIpc) is 3.01. The number of thiophene rings is 1. The Morgan fingerprint density at radius 3 is 3.00 bits per heavy atom. The minimum absolute atomic E-state index is 0.543. The fourth-order valence-electron chi connectivity index (χ4n) is 1.87. The Hall–Kier alpha value is -2.39. The quantitative estimate of drug-likeness (QED) is 0.741. The van der Waals surface area contributed by atoms with E-state index in [-0.39, 0.29) is 0 Å². The summed E-state index contributed by atoms with van der Waals surface area (Å²) in [5.41, 5.74) is 2.13. The van der Waals surface area contributed by atoms with Crippen molar-refractivity contribution < 1.29 is 4.74 Å². The molecule has 0 radical (unpaired) electrons. The van der Waals surface area contributed by atoms with Crippen LogP contribution in [0.5, 0.6) is 5.75 Å². The van der Waals surface area contributed by atoms with Crippen molar-refractivity contribution in [1.29, 1.82) is 0 Å². The molecule has 0 aromatic carbocycles. The number of aromatic amines is 1. The molecule has 3 rings (SSSR count). The van der Waals surface area contributed by atoms with Crippen LogP contribution in [0.3, 0.4) is 0 Å². The fraction of sp³-hybridized carbons (Fsp3) is 0.154. The SMILES string of the molecule is C#CCc1scc(OC)c1-c1nc2nccnc2[nH]1. The van der Waals surface area contributed by atoms with Gasteiger partial charge in [-0.1, -0.05) is 0 Å². The van der Waals surface area contributed by atoms with Crippen molar-refractivity contribution in [3.05, 3.63) is 22.7 Å². The number of hydrogen-bond acceptors (Lipinski definition) is 5. The second-order valence-corrected chi connectivity index (χ2v) is 4.76. The van der Waals surface area contributed by atoms with Crippen LogP contribution >= 0.6 is 11.3 Å². The van der Waals surface area contributed by atoms with Crippen molar-refractivity contribution in [3.63, 3.8) is 0 Å². The highest BCUT2D eigenvalue weighted by Gasteiger charge is 2.17. The van der Waals surface area contributed by atoms with Gasteiger partial charge in [-0.05, 0) is 0 Å². The molecular weight excluding hydrogens is 260 g/mol. The highest BCUT2D eigenvalue weighted by atomic mass is 32.1. The number of fused-ring (bicyclic) bond motifs is 1. The number of H-pyrrole nitrogens is 1. The van der Waals surface area contributed by atoms with Gasteiger partial charge in [0, 0.05) is 29.1 Å². The summed E-state index contributed by atoms with van der Waals surface area (Å²) in [6.45, 7) is 0. The second-order valence-electron chi connectivity index (χ2n) is 3.80. The first-order valence-corrected chi connectivity index (χ1v) is 6.46. The summed E-state index contributed by atoms with van der Waals surface area (Å²) in [5, 5.41) is 1.93. The van der Waals surface area contributed by atoms with Crippen molar-refractivity contribution >= 4 is 22.6 Å². The van der Waals surface area contributed by atoms with Gasteiger partial charge in [0.15, 0.2) is 11.3 Å². The molecule has 0 aliphatic heterocycles. The number of nitrogens with one attached hydrogen (secondary N) is 1. The highest BCUT2D eigenvalue weighted by molar-refractivity contribution is 7.10. The van der Waals surface area contributed by atoms with E-state index < -0.39 is 0 Å². The van der Waals surface area contributed by atoms with Crippen molar-refractivity contribution in [2.45, 2.75) is 6.42 Å². The van der Waals surface area contributed by atoms with Gasteiger partial charge in [0.1, 0.15) is 11.6 Å². The van der Waals surface area contributed by atoms with Crippen LogP contribution in [-0.4, -0.2) is 27.0 Å². The molecule has 3 heterocycles. The third-order valence-corrected chi connectivity index (χ3v) is 3.65. The molecule has 94 valence electrons. The van der Waals surface area contributed by atoms with Crippen LogP contribution in [0.15, 0.2) is 17.8 Å². The van der Waals surface area contributed by atoms with E-state index in [9.17, 15) is 0 Å². The number of methoxy groups -OCH3 is 1. The maximum absolute atomic E-state index is 5.39. The molecule has 0 aliphatic carbocycles. The monoisotopic (exact) mass is 270 g/mol. The molecule has 0 bridgehead atoms. The van der Waals surface area contributed by atoms with E-state index >= 15 is 0 Å². The van der Waals surface area contributed by atoms with Gasteiger partial charge in [-0.2, -0.15) is 0 Å². The molecule has 19 heavy (non-hydrogen) atoms. The van der Waals surface area contributed by atoms with Crippen molar-refractivity contribution in [1.82, 2.24) is 19.9 Å². The summed E-state index contributed by atoms with van der Waals surface area (Å²) in [7, 11) is 1.63. The van der Waals surface area contributed by atoms with Gasteiger partial charge < -0.3 is 9.72 Å². The summed E-state index contributed by atoms with van der Waals surface area (Å²) in [4.78, 5) is 17.0. The first-order valence-electron chi connectivity index (χ1n) is 5.58. The van der Waals surface area contributed by atoms with Gasteiger partial charge in [0.05, 0.1) is 12.7 Å². The smallest absolute Gasteiger partial charge is 0.197 e. The largest absolute Gasteiger partial charge is 0.495 e. The Bertz CT molecular complexity index is 735. The molecule has 3 aromatic rings. The van der Waals surface area contributed by atoms with Gasteiger partial charge in [0.25, 0.3) is 0 Å². The van der Waals surface area contributed by atoms with Crippen LogP contribution in [0.1, 0.15) is 4.88 Å². The van der Waals surface area contributed by atoms with Crippen LogP contribution in [-0.2, 0) is 6.42 Å². The van der Waals surface area contributed by atoms with Crippen molar-refractivity contribution in [2.24, 2.45) is 0 Å². The van der Waals surface area contributed by atoms with Crippen LogP contribution in [0, 0.1) is 12.3 Å². The van der Waals surface area contributed by atoms with Crippen molar-refractivity contribution in [2.75, 3.05) is 7.11 Å². The van der Waals surface area contributed by atoms with Crippen LogP contribution in [0.2, 0.25) is 0 Å². The fourth-order valence-corrected chi connectivity index (χ4v) is 2.81. The Balaban J connectivity index is 2.19. The highest BCUT2D eigenvalue weighted by Crippen LogP contribution is 2.37. The molecule has 0 amide bonds. The number of rotatable bonds is 3. The second kappa shape index (κ2) is 4.71. The number of ether oxygens (including phenoxy) is 1. The molecule has 0 saturated heterocycles. The molecule has 1 N–H and O–H groups in total. The van der Waals surface area contributed by atoms with E-state index in [4.69, 9.17) is 11.2 Å². The number of hydrogen-bond donors (Lipinski definition) is 1. The molecule has 5 nitrogen and oxygen atoms in total. The first-order chi connectivity index (χ1) is 9.33. The van der Waals surface area contributed by atoms with Gasteiger partial charge in [-0.25, -0.2) is 15.0 Å². The summed E-state index contributed by atoms with van der Waals surface area (Å²) in [5.74, 6) is 4.09. The lowest BCUT2D eigenvalue weighted by molar-refractivity contribution is 0.418. The van der Waals surface area contributed by atoms with Gasteiger partial charge in [-0.15, -0.1) is 23.7 Å². The lowest BCUT2D eigenvalue weighted by Crippen LogP contribution is -1.89. The third-order valence-electron chi connectivity index (χ3n) is 2.69. The molecule has 0 fully saturated rings. The summed E-state index contributed by atoms with van der Waals surface area (Å²) in [6, 6.07) is 0. The first kappa shape index (κ1) is 11.7. The van der Waals surface area contributed by atoms with Gasteiger partial charge in [0.2, 0.25) is 0 Å². The summed E-state index contributed by atoms with van der Waals surface area (Å²) < 4.78 is 5.36. The molecule has 0 spiro atoms. The van der Waals surface area contributed by atoms with E-state index in [1.165, 1.54) is 0 Å². The molecular formula is C13H10N4OS. The van der Waals surface area contributed by atoms with Crippen LogP contribution in [0.4, 0.5) is 0 Å². The van der Waals surface area contributed by atoms with E-state index in [2.05, 4.69) is 25.9 Å². The van der Waals surface area contributed by atoms with Crippen LogP contribution in [0.25, 0.3) is 22.7 Å². The Labute approximate surface area is 113 Å². The van der Waals surface area contributed by atoms with Crippen molar-refractivity contribution in [3.8, 4) is 29.5 Å². The predicted molar refractivity (Wildman–Crippen MR) is 74.1 cm³/mol. The molecule has 6 heteroatoms. The number of aromatic nitrogens is 4. The normalized spacial score (nSPS) is 10.5. The Morgan fingerprint density at radius 1 is 1.42 bits per heavy atom. The lowest BCUT2D eigenvalue weighted by Gasteiger charge is -2.01. The number of imidazole rings is 1. The van der Waals surface area contributed by atoms with E-state index in [0.29, 0.717) is 23.5 Å². The number of terminal acetylenes is 1. The Kier molecular flexibility index (Phi) is 2.89. The molecule has 0 unspecified atom stereocenters. The predicted octanol–water partition coefficient (Wildman–Crippen LogP) is 2.27. The lowest BCUT2D eigenvalue weighted by atomic mass is 10.2. The minimum atomic E-state index is 0.543. The average molecular weight is 270 g/mol.